The molecule has 0 aliphatic heterocycles. The smallest absolute Gasteiger partial charge is 0.323 e. The summed E-state index contributed by atoms with van der Waals surface area (Å²) in [5, 5.41) is 0. The van der Waals surface area contributed by atoms with E-state index in [0.717, 1.165) is 6.20 Å². The van der Waals surface area contributed by atoms with E-state index in [2.05, 4.69) is 9.72 Å². The number of carbonyl (C=O) groups excluding carboxylic acids is 1. The van der Waals surface area contributed by atoms with Gasteiger partial charge < -0.3 is 10.5 Å². The summed E-state index contributed by atoms with van der Waals surface area (Å²) >= 11 is 0. The Morgan fingerprint density at radius 3 is 2.93 bits per heavy atom. The number of rotatable bonds is 3. The highest BCUT2D eigenvalue weighted by atomic mass is 19.1. The van der Waals surface area contributed by atoms with Gasteiger partial charge in [-0.15, -0.1) is 0 Å². The summed E-state index contributed by atoms with van der Waals surface area (Å²) in [6.45, 7) is 0. The molecule has 1 aromatic heterocycles. The van der Waals surface area contributed by atoms with Gasteiger partial charge in [-0.05, 0) is 12.1 Å². The van der Waals surface area contributed by atoms with Crippen LogP contribution in [0.15, 0.2) is 18.3 Å². The van der Waals surface area contributed by atoms with Gasteiger partial charge in [0.25, 0.3) is 0 Å². The van der Waals surface area contributed by atoms with Crippen molar-refractivity contribution < 1.29 is 13.9 Å². The second-order valence-corrected chi connectivity index (χ2v) is 2.80. The normalized spacial score (nSPS) is 12.2. The highest BCUT2D eigenvalue weighted by Gasteiger charge is 2.14. The van der Waals surface area contributed by atoms with Crippen molar-refractivity contribution in [3.8, 4) is 0 Å². The molecule has 0 fully saturated rings. The molecule has 0 aliphatic carbocycles. The summed E-state index contributed by atoms with van der Waals surface area (Å²) in [5.41, 5.74) is 6.05. The summed E-state index contributed by atoms with van der Waals surface area (Å²) in [5.74, 6) is -0.920. The van der Waals surface area contributed by atoms with E-state index in [4.69, 9.17) is 5.73 Å². The average Bonchev–Trinajstić information content (AvgIpc) is 2.20. The van der Waals surface area contributed by atoms with Crippen molar-refractivity contribution in [1.29, 1.82) is 0 Å². The lowest BCUT2D eigenvalue weighted by atomic mass is 10.1. The summed E-state index contributed by atoms with van der Waals surface area (Å²) in [6, 6.07) is 2.00. The third-order valence-electron chi connectivity index (χ3n) is 1.72. The average molecular weight is 198 g/mol. The highest BCUT2D eigenvalue weighted by molar-refractivity contribution is 5.75. The van der Waals surface area contributed by atoms with Crippen LogP contribution in [0.4, 0.5) is 4.39 Å². The van der Waals surface area contributed by atoms with E-state index in [1.165, 1.54) is 19.2 Å². The summed E-state index contributed by atoms with van der Waals surface area (Å²) in [6.07, 6.45) is 1.33. The van der Waals surface area contributed by atoms with Crippen molar-refractivity contribution in [2.45, 2.75) is 12.5 Å². The number of esters is 1. The minimum absolute atomic E-state index is 0.243. The zero-order valence-corrected chi connectivity index (χ0v) is 7.74. The van der Waals surface area contributed by atoms with Gasteiger partial charge in [0.1, 0.15) is 11.9 Å². The van der Waals surface area contributed by atoms with E-state index in [-0.39, 0.29) is 6.42 Å². The summed E-state index contributed by atoms with van der Waals surface area (Å²) in [7, 11) is 1.26. The van der Waals surface area contributed by atoms with E-state index in [1.807, 2.05) is 0 Å². The molecule has 2 N–H and O–H groups in total. The molecule has 0 unspecified atom stereocenters. The highest BCUT2D eigenvalue weighted by Crippen LogP contribution is 2.01. The van der Waals surface area contributed by atoms with Gasteiger partial charge in [0.05, 0.1) is 13.3 Å². The van der Waals surface area contributed by atoms with Gasteiger partial charge >= 0.3 is 5.97 Å². The Hall–Kier alpha value is -1.49. The standard InChI is InChI=1S/C9H11FN2O2/c1-14-9(13)8(11)4-7-3-2-6(10)5-12-7/h2-3,5,8H,4,11H2,1H3/t8-/m1/s1. The number of hydrogen-bond acceptors (Lipinski definition) is 4. The minimum atomic E-state index is -0.752. The number of pyridine rings is 1. The maximum Gasteiger partial charge on any atom is 0.323 e. The molecule has 0 amide bonds. The fraction of sp³-hybridized carbons (Fsp3) is 0.333. The van der Waals surface area contributed by atoms with Gasteiger partial charge in [-0.3, -0.25) is 9.78 Å². The maximum atomic E-state index is 12.5. The van der Waals surface area contributed by atoms with Crippen LogP contribution in [0.5, 0.6) is 0 Å². The molecule has 1 rings (SSSR count). The van der Waals surface area contributed by atoms with Crippen LogP contribution in [0, 0.1) is 5.82 Å². The van der Waals surface area contributed by atoms with Crippen LogP contribution in [-0.4, -0.2) is 24.1 Å². The number of halogens is 1. The lowest BCUT2D eigenvalue weighted by Gasteiger charge is -2.07. The predicted molar refractivity (Wildman–Crippen MR) is 47.9 cm³/mol. The third kappa shape index (κ3) is 2.77. The van der Waals surface area contributed by atoms with Gasteiger partial charge in [-0.2, -0.15) is 0 Å². The molecular formula is C9H11FN2O2. The third-order valence-corrected chi connectivity index (χ3v) is 1.72. The number of nitrogens with zero attached hydrogens (tertiary/aromatic N) is 1. The van der Waals surface area contributed by atoms with Crippen molar-refractivity contribution in [3.05, 3.63) is 29.8 Å². The number of carbonyl (C=O) groups is 1. The SMILES string of the molecule is COC(=O)[C@H](N)Cc1ccc(F)cn1. The molecule has 0 bridgehead atoms. The van der Waals surface area contributed by atoms with E-state index in [0.29, 0.717) is 5.69 Å². The Balaban J connectivity index is 2.60. The molecule has 0 saturated carbocycles. The zero-order chi connectivity index (χ0) is 10.6. The molecule has 76 valence electrons. The van der Waals surface area contributed by atoms with Gasteiger partial charge in [0, 0.05) is 12.1 Å². The van der Waals surface area contributed by atoms with Crippen LogP contribution >= 0.6 is 0 Å². The van der Waals surface area contributed by atoms with Gasteiger partial charge in [0.15, 0.2) is 0 Å². The minimum Gasteiger partial charge on any atom is -0.468 e. The number of hydrogen-bond donors (Lipinski definition) is 1. The van der Waals surface area contributed by atoms with Crippen molar-refractivity contribution in [2.75, 3.05) is 7.11 Å². The number of ether oxygens (including phenoxy) is 1. The molecular weight excluding hydrogens is 187 g/mol. The Kier molecular flexibility index (Phi) is 3.53. The van der Waals surface area contributed by atoms with Crippen LogP contribution in [0.2, 0.25) is 0 Å². The molecule has 1 aromatic rings. The Morgan fingerprint density at radius 1 is 1.71 bits per heavy atom. The van der Waals surface area contributed by atoms with Crippen LogP contribution in [0.3, 0.4) is 0 Å². The van der Waals surface area contributed by atoms with Crippen molar-refractivity contribution in [1.82, 2.24) is 4.98 Å². The fourth-order valence-electron chi connectivity index (χ4n) is 0.987. The first-order valence-corrected chi connectivity index (χ1v) is 4.07. The molecule has 0 aliphatic rings. The van der Waals surface area contributed by atoms with E-state index >= 15 is 0 Å². The largest absolute Gasteiger partial charge is 0.468 e. The number of aromatic nitrogens is 1. The molecule has 5 heteroatoms. The lowest BCUT2D eigenvalue weighted by molar-refractivity contribution is -0.142. The van der Waals surface area contributed by atoms with E-state index in [9.17, 15) is 9.18 Å². The summed E-state index contributed by atoms with van der Waals surface area (Å²) < 4.78 is 16.9. The quantitative estimate of drug-likeness (QED) is 0.708. The van der Waals surface area contributed by atoms with Crippen molar-refractivity contribution in [3.63, 3.8) is 0 Å². The number of nitrogens with two attached hydrogens (primary N) is 1. The Labute approximate surface area is 80.9 Å². The predicted octanol–water partition coefficient (Wildman–Crippen LogP) is 0.263. The molecule has 14 heavy (non-hydrogen) atoms. The van der Waals surface area contributed by atoms with Crippen molar-refractivity contribution >= 4 is 5.97 Å². The molecule has 1 heterocycles. The monoisotopic (exact) mass is 198 g/mol. The van der Waals surface area contributed by atoms with Gasteiger partial charge in [-0.1, -0.05) is 0 Å². The maximum absolute atomic E-state index is 12.5. The second kappa shape index (κ2) is 4.66. The molecule has 4 nitrogen and oxygen atoms in total. The van der Waals surface area contributed by atoms with Gasteiger partial charge in [-0.25, -0.2) is 4.39 Å². The molecule has 0 radical (unpaired) electrons. The summed E-state index contributed by atoms with van der Waals surface area (Å²) in [4.78, 5) is 14.7. The molecule has 0 aromatic carbocycles. The van der Waals surface area contributed by atoms with Gasteiger partial charge in [0.2, 0.25) is 0 Å². The molecule has 0 saturated heterocycles. The first kappa shape index (κ1) is 10.6. The van der Waals surface area contributed by atoms with Crippen LogP contribution in [0.25, 0.3) is 0 Å². The van der Waals surface area contributed by atoms with E-state index < -0.39 is 17.8 Å². The lowest BCUT2D eigenvalue weighted by Crippen LogP contribution is -2.33. The second-order valence-electron chi connectivity index (χ2n) is 2.80. The van der Waals surface area contributed by atoms with Crippen molar-refractivity contribution in [2.24, 2.45) is 5.73 Å². The molecule has 1 atom stereocenters. The van der Waals surface area contributed by atoms with Crippen LogP contribution in [0.1, 0.15) is 5.69 Å². The van der Waals surface area contributed by atoms with Crippen LogP contribution < -0.4 is 5.73 Å². The Morgan fingerprint density at radius 2 is 2.43 bits per heavy atom. The number of methoxy groups -OCH3 is 1. The van der Waals surface area contributed by atoms with Crippen LogP contribution in [-0.2, 0) is 16.0 Å². The molecule has 0 spiro atoms. The van der Waals surface area contributed by atoms with E-state index in [1.54, 1.807) is 0 Å². The zero-order valence-electron chi connectivity index (χ0n) is 7.74. The first-order valence-electron chi connectivity index (χ1n) is 4.07. The Bertz CT molecular complexity index is 313. The topological polar surface area (TPSA) is 65.2 Å². The first-order chi connectivity index (χ1) is 6.63. The fourth-order valence-corrected chi connectivity index (χ4v) is 0.987.